The zero-order chi connectivity index (χ0) is 11.4. The molecule has 0 aliphatic carbocycles. The Morgan fingerprint density at radius 2 is 1.86 bits per heavy atom. The lowest BCUT2D eigenvalue weighted by Gasteiger charge is -2.36. The van der Waals surface area contributed by atoms with E-state index in [-0.39, 0.29) is 11.5 Å². The maximum atomic E-state index is 5.96. The third kappa shape index (κ3) is 4.67. The minimum Gasteiger partial charge on any atom is -0.327 e. The highest BCUT2D eigenvalue weighted by Gasteiger charge is 2.25. The fourth-order valence-electron chi connectivity index (χ4n) is 1.31. The van der Waals surface area contributed by atoms with E-state index in [0.29, 0.717) is 6.04 Å². The molecule has 0 radical (unpaired) electrons. The molecule has 0 amide bonds. The fourth-order valence-corrected chi connectivity index (χ4v) is 2.05. The van der Waals surface area contributed by atoms with Gasteiger partial charge in [-0.15, -0.1) is 0 Å². The molecule has 0 heterocycles. The van der Waals surface area contributed by atoms with Crippen LogP contribution < -0.4 is 5.73 Å². The SMILES string of the molecule is CSCC(C)N(C)CC(C)(C)C(C)N. The number of thioether (sulfide) groups is 1. The first-order chi connectivity index (χ1) is 6.31. The Balaban J connectivity index is 4.10. The summed E-state index contributed by atoms with van der Waals surface area (Å²) in [5.74, 6) is 1.19. The van der Waals surface area contributed by atoms with Gasteiger partial charge in [-0.2, -0.15) is 11.8 Å². The average Bonchev–Trinajstić information content (AvgIpc) is 2.03. The molecule has 2 unspecified atom stereocenters. The van der Waals surface area contributed by atoms with Crippen molar-refractivity contribution in [3.63, 3.8) is 0 Å². The van der Waals surface area contributed by atoms with Crippen molar-refractivity contribution in [1.82, 2.24) is 4.90 Å². The topological polar surface area (TPSA) is 29.3 Å². The molecule has 2 N–H and O–H groups in total. The molecular weight excluding hydrogens is 192 g/mol. The van der Waals surface area contributed by atoms with Crippen molar-refractivity contribution in [2.24, 2.45) is 11.1 Å². The second-order valence-electron chi connectivity index (χ2n) is 5.00. The summed E-state index contributed by atoms with van der Waals surface area (Å²) in [6.07, 6.45) is 2.15. The zero-order valence-electron chi connectivity index (χ0n) is 10.5. The molecule has 0 saturated heterocycles. The van der Waals surface area contributed by atoms with Crippen LogP contribution in [0.25, 0.3) is 0 Å². The van der Waals surface area contributed by atoms with Crippen molar-refractivity contribution in [3.05, 3.63) is 0 Å². The van der Waals surface area contributed by atoms with E-state index in [1.54, 1.807) is 0 Å². The highest BCUT2D eigenvalue weighted by atomic mass is 32.2. The Labute approximate surface area is 93.6 Å². The first kappa shape index (κ1) is 14.3. The number of rotatable bonds is 6. The van der Waals surface area contributed by atoms with E-state index < -0.39 is 0 Å². The van der Waals surface area contributed by atoms with Crippen LogP contribution in [0.1, 0.15) is 27.7 Å². The molecule has 0 saturated carbocycles. The molecule has 0 aromatic heterocycles. The van der Waals surface area contributed by atoms with E-state index in [9.17, 15) is 0 Å². The van der Waals surface area contributed by atoms with Gasteiger partial charge in [-0.1, -0.05) is 13.8 Å². The zero-order valence-corrected chi connectivity index (χ0v) is 11.3. The fraction of sp³-hybridized carbons (Fsp3) is 1.00. The molecule has 3 heteroatoms. The van der Waals surface area contributed by atoms with Gasteiger partial charge in [-0.3, -0.25) is 0 Å². The van der Waals surface area contributed by atoms with Gasteiger partial charge in [0.2, 0.25) is 0 Å². The van der Waals surface area contributed by atoms with Gasteiger partial charge < -0.3 is 10.6 Å². The molecule has 0 bridgehead atoms. The van der Waals surface area contributed by atoms with Crippen molar-refractivity contribution in [3.8, 4) is 0 Å². The van der Waals surface area contributed by atoms with Crippen LogP contribution in [-0.4, -0.2) is 42.6 Å². The Hall–Kier alpha value is 0.270. The molecule has 0 aromatic rings. The summed E-state index contributed by atoms with van der Waals surface area (Å²) in [4.78, 5) is 2.40. The first-order valence-corrected chi connectivity index (χ1v) is 6.65. The summed E-state index contributed by atoms with van der Waals surface area (Å²) in [6, 6.07) is 0.870. The lowest BCUT2D eigenvalue weighted by atomic mass is 9.85. The lowest BCUT2D eigenvalue weighted by molar-refractivity contribution is 0.158. The van der Waals surface area contributed by atoms with E-state index in [2.05, 4.69) is 45.9 Å². The smallest absolute Gasteiger partial charge is 0.0155 e. The Morgan fingerprint density at radius 3 is 2.21 bits per heavy atom. The van der Waals surface area contributed by atoms with Crippen LogP contribution >= 0.6 is 11.8 Å². The number of nitrogens with two attached hydrogens (primary N) is 1. The second-order valence-corrected chi connectivity index (χ2v) is 5.91. The van der Waals surface area contributed by atoms with Crippen molar-refractivity contribution >= 4 is 11.8 Å². The molecule has 0 aromatic carbocycles. The minimum atomic E-state index is 0.196. The van der Waals surface area contributed by atoms with E-state index in [1.165, 1.54) is 5.75 Å². The number of nitrogens with zero attached hydrogens (tertiary/aromatic N) is 1. The minimum absolute atomic E-state index is 0.196. The maximum absolute atomic E-state index is 5.96. The quantitative estimate of drug-likeness (QED) is 0.740. The third-order valence-electron chi connectivity index (χ3n) is 3.05. The molecule has 2 atom stereocenters. The number of hydrogen-bond acceptors (Lipinski definition) is 3. The van der Waals surface area contributed by atoms with Crippen molar-refractivity contribution in [2.45, 2.75) is 39.8 Å². The van der Waals surface area contributed by atoms with E-state index in [0.717, 1.165) is 6.54 Å². The molecule has 0 aliphatic heterocycles. The van der Waals surface area contributed by atoms with Crippen molar-refractivity contribution in [1.29, 1.82) is 0 Å². The predicted molar refractivity (Wildman–Crippen MR) is 67.9 cm³/mol. The molecule has 0 fully saturated rings. The standard InChI is InChI=1S/C11H26N2S/c1-9(7-14-6)13(5)8-11(3,4)10(2)12/h9-10H,7-8,12H2,1-6H3. The van der Waals surface area contributed by atoms with Crippen molar-refractivity contribution in [2.75, 3.05) is 25.6 Å². The van der Waals surface area contributed by atoms with Crippen LogP contribution in [0.15, 0.2) is 0 Å². The molecule has 0 aliphatic rings. The Kier molecular flexibility index (Phi) is 6.10. The second kappa shape index (κ2) is 5.99. The van der Waals surface area contributed by atoms with Crippen LogP contribution in [0.3, 0.4) is 0 Å². The van der Waals surface area contributed by atoms with Crippen LogP contribution in [0.5, 0.6) is 0 Å². The highest BCUT2D eigenvalue weighted by Crippen LogP contribution is 2.21. The summed E-state index contributed by atoms with van der Waals surface area (Å²) in [7, 11) is 2.19. The Bertz CT molecular complexity index is 157. The first-order valence-electron chi connectivity index (χ1n) is 5.26. The van der Waals surface area contributed by atoms with Gasteiger partial charge in [0.05, 0.1) is 0 Å². The summed E-state index contributed by atoms with van der Waals surface area (Å²) < 4.78 is 0. The lowest BCUT2D eigenvalue weighted by Crippen LogP contribution is -2.46. The molecule has 2 nitrogen and oxygen atoms in total. The van der Waals surface area contributed by atoms with E-state index in [1.807, 2.05) is 11.8 Å². The largest absolute Gasteiger partial charge is 0.327 e. The molecule has 14 heavy (non-hydrogen) atoms. The summed E-state index contributed by atoms with van der Waals surface area (Å²) >= 11 is 1.90. The summed E-state index contributed by atoms with van der Waals surface area (Å²) in [5, 5.41) is 0. The summed E-state index contributed by atoms with van der Waals surface area (Å²) in [5.41, 5.74) is 6.16. The summed E-state index contributed by atoms with van der Waals surface area (Å²) in [6.45, 7) is 9.90. The van der Waals surface area contributed by atoms with Crippen molar-refractivity contribution < 1.29 is 0 Å². The van der Waals surface area contributed by atoms with Gasteiger partial charge in [-0.25, -0.2) is 0 Å². The predicted octanol–water partition coefficient (Wildman–Crippen LogP) is 2.04. The molecule has 0 rings (SSSR count). The molecule has 86 valence electrons. The van der Waals surface area contributed by atoms with Gasteiger partial charge >= 0.3 is 0 Å². The van der Waals surface area contributed by atoms with E-state index >= 15 is 0 Å². The van der Waals surface area contributed by atoms with E-state index in [4.69, 9.17) is 5.73 Å². The molecule has 0 spiro atoms. The van der Waals surface area contributed by atoms with Gasteiger partial charge in [0, 0.05) is 24.4 Å². The monoisotopic (exact) mass is 218 g/mol. The number of hydrogen-bond donors (Lipinski definition) is 1. The third-order valence-corrected chi connectivity index (χ3v) is 3.87. The van der Waals surface area contributed by atoms with Gasteiger partial charge in [0.1, 0.15) is 0 Å². The van der Waals surface area contributed by atoms with Gasteiger partial charge in [0.15, 0.2) is 0 Å². The van der Waals surface area contributed by atoms with Gasteiger partial charge in [0.25, 0.3) is 0 Å². The Morgan fingerprint density at radius 1 is 1.36 bits per heavy atom. The van der Waals surface area contributed by atoms with Crippen LogP contribution in [0, 0.1) is 5.41 Å². The normalized spacial score (nSPS) is 17.1. The highest BCUT2D eigenvalue weighted by molar-refractivity contribution is 7.98. The van der Waals surface area contributed by atoms with Crippen LogP contribution in [-0.2, 0) is 0 Å². The maximum Gasteiger partial charge on any atom is 0.0155 e. The van der Waals surface area contributed by atoms with Gasteiger partial charge in [-0.05, 0) is 32.6 Å². The molecular formula is C11H26N2S. The van der Waals surface area contributed by atoms with Crippen LogP contribution in [0.2, 0.25) is 0 Å². The average molecular weight is 218 g/mol. The van der Waals surface area contributed by atoms with Crippen LogP contribution in [0.4, 0.5) is 0 Å².